The number of hydrogen-bond acceptors (Lipinski definition) is 4. The van der Waals surface area contributed by atoms with Crippen LogP contribution in [0.2, 0.25) is 0 Å². The fourth-order valence-corrected chi connectivity index (χ4v) is 1.64. The minimum atomic E-state index is -0.0451. The molecular weight excluding hydrogens is 200 g/mol. The third-order valence-electron chi connectivity index (χ3n) is 2.07. The van der Waals surface area contributed by atoms with E-state index in [2.05, 4.69) is 10.2 Å². The Balaban J connectivity index is 2.46. The lowest BCUT2D eigenvalue weighted by Gasteiger charge is -2.10. The Morgan fingerprint density at radius 1 is 1.71 bits per heavy atom. The quantitative estimate of drug-likeness (QED) is 0.740. The first-order valence-corrected chi connectivity index (χ1v) is 4.56. The van der Waals surface area contributed by atoms with Crippen molar-refractivity contribution in [2.45, 2.75) is 13.0 Å². The van der Waals surface area contributed by atoms with Crippen LogP contribution in [-0.2, 0) is 0 Å². The third-order valence-corrected chi connectivity index (χ3v) is 2.36. The number of nitrogens with two attached hydrogens (primary N) is 1. The Labute approximate surface area is 85.5 Å². The maximum atomic E-state index is 5.66. The number of anilines is 1. The van der Waals surface area contributed by atoms with Crippen LogP contribution in [0.5, 0.6) is 0 Å². The van der Waals surface area contributed by atoms with E-state index in [1.165, 1.54) is 0 Å². The van der Waals surface area contributed by atoms with Crippen LogP contribution >= 0.6 is 12.2 Å². The molecule has 3 N–H and O–H groups in total. The first-order valence-electron chi connectivity index (χ1n) is 4.16. The Morgan fingerprint density at radius 3 is 3.00 bits per heavy atom. The molecule has 5 nitrogen and oxygen atoms in total. The average Bonchev–Trinajstić information content (AvgIpc) is 2.75. The Kier molecular flexibility index (Phi) is 2.12. The van der Waals surface area contributed by atoms with Crippen molar-refractivity contribution in [1.82, 2.24) is 14.8 Å². The number of nitrogen functional groups attached to an aromatic ring is 1. The van der Waals surface area contributed by atoms with Gasteiger partial charge in [0.1, 0.15) is 5.76 Å². The molecule has 0 aliphatic rings. The SMILES string of the molecule is CC(c1ccco1)n1c(N)n[nH]c1=S. The zero-order valence-electron chi connectivity index (χ0n) is 7.60. The van der Waals surface area contributed by atoms with E-state index in [4.69, 9.17) is 22.4 Å². The van der Waals surface area contributed by atoms with Gasteiger partial charge < -0.3 is 10.2 Å². The molecule has 0 aromatic carbocycles. The topological polar surface area (TPSA) is 72.8 Å². The maximum Gasteiger partial charge on any atom is 0.221 e. The lowest BCUT2D eigenvalue weighted by Crippen LogP contribution is -2.09. The molecule has 0 saturated carbocycles. The molecular formula is C8H10N4OS. The summed E-state index contributed by atoms with van der Waals surface area (Å²) in [6.45, 7) is 1.94. The molecule has 0 aliphatic heterocycles. The largest absolute Gasteiger partial charge is 0.467 e. The van der Waals surface area contributed by atoms with Crippen LogP contribution in [0.25, 0.3) is 0 Å². The highest BCUT2D eigenvalue weighted by atomic mass is 32.1. The molecule has 0 radical (unpaired) electrons. The molecule has 0 bridgehead atoms. The smallest absolute Gasteiger partial charge is 0.221 e. The second kappa shape index (κ2) is 3.30. The van der Waals surface area contributed by atoms with Gasteiger partial charge in [-0.15, -0.1) is 5.10 Å². The average molecular weight is 210 g/mol. The van der Waals surface area contributed by atoms with Crippen molar-refractivity contribution in [3.05, 3.63) is 28.9 Å². The summed E-state index contributed by atoms with van der Waals surface area (Å²) in [6.07, 6.45) is 1.62. The van der Waals surface area contributed by atoms with E-state index in [0.29, 0.717) is 10.7 Å². The number of hydrogen-bond donors (Lipinski definition) is 2. The van der Waals surface area contributed by atoms with Crippen molar-refractivity contribution < 1.29 is 4.42 Å². The first kappa shape index (κ1) is 9.01. The van der Waals surface area contributed by atoms with Crippen LogP contribution in [0.3, 0.4) is 0 Å². The summed E-state index contributed by atoms with van der Waals surface area (Å²) < 4.78 is 7.46. The third kappa shape index (κ3) is 1.33. The molecule has 74 valence electrons. The molecule has 0 fully saturated rings. The van der Waals surface area contributed by atoms with Crippen LogP contribution in [0, 0.1) is 4.77 Å². The molecule has 0 spiro atoms. The van der Waals surface area contributed by atoms with E-state index in [1.54, 1.807) is 10.8 Å². The maximum absolute atomic E-state index is 5.66. The van der Waals surface area contributed by atoms with Crippen molar-refractivity contribution in [3.8, 4) is 0 Å². The molecule has 2 rings (SSSR count). The number of rotatable bonds is 2. The molecule has 2 aromatic rings. The van der Waals surface area contributed by atoms with E-state index < -0.39 is 0 Å². The Bertz CT molecular complexity index is 470. The normalized spacial score (nSPS) is 12.9. The number of nitrogens with zero attached hydrogens (tertiary/aromatic N) is 2. The van der Waals surface area contributed by atoms with Gasteiger partial charge in [-0.1, -0.05) is 0 Å². The van der Waals surface area contributed by atoms with Crippen molar-refractivity contribution in [3.63, 3.8) is 0 Å². The summed E-state index contributed by atoms with van der Waals surface area (Å²) in [5.74, 6) is 1.16. The molecule has 14 heavy (non-hydrogen) atoms. The van der Waals surface area contributed by atoms with Crippen LogP contribution in [0.1, 0.15) is 18.7 Å². The minimum absolute atomic E-state index is 0.0451. The van der Waals surface area contributed by atoms with E-state index in [1.807, 2.05) is 19.1 Å². The molecule has 0 saturated heterocycles. The van der Waals surface area contributed by atoms with Crippen molar-refractivity contribution in [2.75, 3.05) is 5.73 Å². The zero-order valence-corrected chi connectivity index (χ0v) is 8.41. The molecule has 0 amide bonds. The standard InChI is InChI=1S/C8H10N4OS/c1-5(6-3-2-4-13-6)12-7(9)10-11-8(12)14/h2-5H,1H3,(H2,9,10)(H,11,14). The number of furan rings is 1. The summed E-state index contributed by atoms with van der Waals surface area (Å²) >= 11 is 5.05. The molecule has 1 unspecified atom stereocenters. The van der Waals surface area contributed by atoms with Gasteiger partial charge >= 0.3 is 0 Å². The van der Waals surface area contributed by atoms with Crippen LogP contribution in [0.15, 0.2) is 22.8 Å². The van der Waals surface area contributed by atoms with Crippen molar-refractivity contribution >= 4 is 18.2 Å². The van der Waals surface area contributed by atoms with Gasteiger partial charge in [0.25, 0.3) is 0 Å². The Morgan fingerprint density at radius 2 is 2.50 bits per heavy atom. The van der Waals surface area contributed by atoms with Crippen molar-refractivity contribution in [2.24, 2.45) is 0 Å². The van der Waals surface area contributed by atoms with Gasteiger partial charge in [-0.3, -0.25) is 4.57 Å². The summed E-state index contributed by atoms with van der Waals surface area (Å²) in [4.78, 5) is 0. The molecule has 2 heterocycles. The van der Waals surface area contributed by atoms with Gasteiger partial charge in [0.2, 0.25) is 5.95 Å². The van der Waals surface area contributed by atoms with E-state index >= 15 is 0 Å². The predicted octanol–water partition coefficient (Wildman–Crippen LogP) is 1.73. The van der Waals surface area contributed by atoms with E-state index in [9.17, 15) is 0 Å². The van der Waals surface area contributed by atoms with E-state index in [-0.39, 0.29) is 6.04 Å². The fourth-order valence-electron chi connectivity index (χ4n) is 1.35. The second-order valence-corrected chi connectivity index (χ2v) is 3.34. The minimum Gasteiger partial charge on any atom is -0.467 e. The molecule has 0 aliphatic carbocycles. The number of aromatic nitrogens is 3. The summed E-state index contributed by atoms with van der Waals surface area (Å²) in [5.41, 5.74) is 5.66. The second-order valence-electron chi connectivity index (χ2n) is 2.95. The number of aromatic amines is 1. The molecule has 1 atom stereocenters. The summed E-state index contributed by atoms with van der Waals surface area (Å²) in [7, 11) is 0. The van der Waals surface area contributed by atoms with Crippen LogP contribution < -0.4 is 5.73 Å². The zero-order chi connectivity index (χ0) is 10.1. The van der Waals surface area contributed by atoms with Crippen LogP contribution in [0.4, 0.5) is 5.95 Å². The predicted molar refractivity (Wildman–Crippen MR) is 54.3 cm³/mol. The summed E-state index contributed by atoms with van der Waals surface area (Å²) in [5, 5.41) is 6.46. The van der Waals surface area contributed by atoms with Gasteiger partial charge in [-0.2, -0.15) is 0 Å². The first-order chi connectivity index (χ1) is 6.70. The van der Waals surface area contributed by atoms with Crippen LogP contribution in [-0.4, -0.2) is 14.8 Å². The van der Waals surface area contributed by atoms with E-state index in [0.717, 1.165) is 5.76 Å². The molecule has 6 heteroatoms. The van der Waals surface area contributed by atoms with Gasteiger partial charge in [0, 0.05) is 0 Å². The van der Waals surface area contributed by atoms with Gasteiger partial charge in [-0.25, -0.2) is 5.10 Å². The number of H-pyrrole nitrogens is 1. The highest BCUT2D eigenvalue weighted by molar-refractivity contribution is 7.71. The lowest BCUT2D eigenvalue weighted by molar-refractivity contribution is 0.446. The van der Waals surface area contributed by atoms with Crippen molar-refractivity contribution in [1.29, 1.82) is 0 Å². The highest BCUT2D eigenvalue weighted by Gasteiger charge is 2.14. The van der Waals surface area contributed by atoms with Gasteiger partial charge in [0.15, 0.2) is 4.77 Å². The fraction of sp³-hybridized carbons (Fsp3) is 0.250. The van der Waals surface area contributed by atoms with Gasteiger partial charge in [0.05, 0.1) is 12.3 Å². The number of nitrogens with one attached hydrogen (secondary N) is 1. The lowest BCUT2D eigenvalue weighted by atomic mass is 10.2. The Hall–Kier alpha value is -1.56. The monoisotopic (exact) mass is 210 g/mol. The molecule has 2 aromatic heterocycles. The highest BCUT2D eigenvalue weighted by Crippen LogP contribution is 2.20. The summed E-state index contributed by atoms with van der Waals surface area (Å²) in [6, 6.07) is 3.65. The van der Waals surface area contributed by atoms with Gasteiger partial charge in [-0.05, 0) is 31.3 Å².